The van der Waals surface area contributed by atoms with Crippen molar-refractivity contribution in [3.05, 3.63) is 18.3 Å². The molecule has 0 atom stereocenters. The zero-order valence-corrected chi connectivity index (χ0v) is 15.1. The van der Waals surface area contributed by atoms with E-state index in [4.69, 9.17) is 9.31 Å². The summed E-state index contributed by atoms with van der Waals surface area (Å²) in [4.78, 5) is 16.7. The van der Waals surface area contributed by atoms with Gasteiger partial charge in [-0.15, -0.1) is 0 Å². The van der Waals surface area contributed by atoms with Crippen LogP contribution in [0.3, 0.4) is 0 Å². The van der Waals surface area contributed by atoms with Gasteiger partial charge in [0.1, 0.15) is 5.82 Å². The fraction of sp³-hybridized carbons (Fsp3) is 0.667. The first-order valence-electron chi connectivity index (χ1n) is 8.91. The van der Waals surface area contributed by atoms with Crippen LogP contribution >= 0.6 is 0 Å². The molecule has 130 valence electrons. The summed E-state index contributed by atoms with van der Waals surface area (Å²) in [5.74, 6) is 0.757. The first-order valence-corrected chi connectivity index (χ1v) is 8.91. The number of carbonyl (C=O) groups is 1. The molecule has 2 heterocycles. The van der Waals surface area contributed by atoms with Gasteiger partial charge in [-0.1, -0.05) is 19.3 Å². The summed E-state index contributed by atoms with van der Waals surface area (Å²) in [5, 5.41) is 2.96. The van der Waals surface area contributed by atoms with E-state index in [-0.39, 0.29) is 23.0 Å². The molecular weight excluding hydrogens is 303 g/mol. The van der Waals surface area contributed by atoms with Crippen molar-refractivity contribution in [2.45, 2.75) is 71.0 Å². The Kier molecular flexibility index (Phi) is 4.71. The van der Waals surface area contributed by atoms with Crippen LogP contribution in [0.4, 0.5) is 5.82 Å². The largest absolute Gasteiger partial charge is 0.495 e. The summed E-state index contributed by atoms with van der Waals surface area (Å²) in [7, 11) is -0.441. The zero-order chi connectivity index (χ0) is 17.4. The molecule has 1 amide bonds. The standard InChI is InChI=1S/C18H27BN2O3/c1-17(2)18(3,4)24-19(23-17)14-10-11-20-15(12-14)21-16(22)13-8-6-5-7-9-13/h10-13H,5-9H2,1-4H3,(H,20,21,22). The maximum Gasteiger partial charge on any atom is 0.495 e. The van der Waals surface area contributed by atoms with E-state index >= 15 is 0 Å². The number of aromatic nitrogens is 1. The SMILES string of the molecule is CC1(C)OB(c2ccnc(NC(=O)C3CCCCC3)c2)OC1(C)C. The monoisotopic (exact) mass is 330 g/mol. The smallest absolute Gasteiger partial charge is 0.399 e. The van der Waals surface area contributed by atoms with Gasteiger partial charge in [-0.3, -0.25) is 4.79 Å². The highest BCUT2D eigenvalue weighted by molar-refractivity contribution is 6.62. The topological polar surface area (TPSA) is 60.5 Å². The average Bonchev–Trinajstić information content (AvgIpc) is 2.76. The second-order valence-electron chi connectivity index (χ2n) is 7.89. The van der Waals surface area contributed by atoms with Gasteiger partial charge in [0.15, 0.2) is 0 Å². The molecule has 1 aromatic heterocycles. The van der Waals surface area contributed by atoms with Crippen LogP contribution < -0.4 is 10.8 Å². The molecule has 1 saturated carbocycles. The number of nitrogens with one attached hydrogen (secondary N) is 1. The van der Waals surface area contributed by atoms with Gasteiger partial charge in [-0.05, 0) is 58.1 Å². The maximum atomic E-state index is 12.4. The summed E-state index contributed by atoms with van der Waals surface area (Å²) in [6.07, 6.45) is 7.15. The molecule has 2 aliphatic rings. The van der Waals surface area contributed by atoms with Crippen LogP contribution in [0, 0.1) is 5.92 Å². The van der Waals surface area contributed by atoms with Gasteiger partial charge in [-0.2, -0.15) is 0 Å². The predicted molar refractivity (Wildman–Crippen MR) is 95.2 cm³/mol. The fourth-order valence-corrected chi connectivity index (χ4v) is 3.23. The predicted octanol–water partition coefficient (Wildman–Crippen LogP) is 2.90. The summed E-state index contributed by atoms with van der Waals surface area (Å²) in [6, 6.07) is 3.72. The Bertz CT molecular complexity index is 596. The zero-order valence-electron chi connectivity index (χ0n) is 15.1. The van der Waals surface area contributed by atoms with E-state index < -0.39 is 7.12 Å². The van der Waals surface area contributed by atoms with Crippen molar-refractivity contribution in [2.75, 3.05) is 5.32 Å². The van der Waals surface area contributed by atoms with Crippen molar-refractivity contribution in [1.82, 2.24) is 4.98 Å². The van der Waals surface area contributed by atoms with Crippen LogP contribution in [0.15, 0.2) is 18.3 Å². The molecule has 0 radical (unpaired) electrons. The minimum absolute atomic E-state index is 0.0771. The molecule has 3 rings (SSSR count). The third kappa shape index (κ3) is 3.49. The van der Waals surface area contributed by atoms with E-state index in [2.05, 4.69) is 10.3 Å². The van der Waals surface area contributed by atoms with E-state index in [1.54, 1.807) is 6.20 Å². The van der Waals surface area contributed by atoms with Gasteiger partial charge < -0.3 is 14.6 Å². The molecule has 1 aliphatic heterocycles. The lowest BCUT2D eigenvalue weighted by Gasteiger charge is -2.32. The second kappa shape index (κ2) is 6.49. The van der Waals surface area contributed by atoms with Crippen LogP contribution in [0.25, 0.3) is 0 Å². The first kappa shape index (κ1) is 17.4. The molecule has 0 aromatic carbocycles. The Balaban J connectivity index is 1.70. The van der Waals surface area contributed by atoms with Gasteiger partial charge in [0.25, 0.3) is 0 Å². The number of pyridine rings is 1. The molecule has 1 N–H and O–H groups in total. The summed E-state index contributed by atoms with van der Waals surface area (Å²) >= 11 is 0. The van der Waals surface area contributed by atoms with Crippen LogP contribution in [-0.2, 0) is 14.1 Å². The normalized spacial score (nSPS) is 23.2. The van der Waals surface area contributed by atoms with E-state index in [0.29, 0.717) is 5.82 Å². The van der Waals surface area contributed by atoms with Crippen LogP contribution in [0.2, 0.25) is 0 Å². The lowest BCUT2D eigenvalue weighted by atomic mass is 9.79. The number of nitrogens with zero attached hydrogens (tertiary/aromatic N) is 1. The second-order valence-corrected chi connectivity index (χ2v) is 7.89. The molecule has 6 heteroatoms. The van der Waals surface area contributed by atoms with Crippen LogP contribution in [-0.4, -0.2) is 29.2 Å². The Morgan fingerprint density at radius 2 is 1.79 bits per heavy atom. The number of hydrogen-bond acceptors (Lipinski definition) is 4. The quantitative estimate of drug-likeness (QED) is 0.866. The lowest BCUT2D eigenvalue weighted by molar-refractivity contribution is -0.120. The third-order valence-electron chi connectivity index (χ3n) is 5.54. The van der Waals surface area contributed by atoms with Crippen molar-refractivity contribution in [3.8, 4) is 0 Å². The van der Waals surface area contributed by atoms with E-state index in [9.17, 15) is 4.79 Å². The van der Waals surface area contributed by atoms with Crippen molar-refractivity contribution >= 4 is 24.3 Å². The molecule has 0 unspecified atom stereocenters. The highest BCUT2D eigenvalue weighted by Gasteiger charge is 2.51. The van der Waals surface area contributed by atoms with Crippen LogP contribution in [0.1, 0.15) is 59.8 Å². The van der Waals surface area contributed by atoms with Gasteiger partial charge in [0.05, 0.1) is 11.2 Å². The van der Waals surface area contributed by atoms with E-state index in [1.165, 1.54) is 6.42 Å². The molecule has 1 saturated heterocycles. The van der Waals surface area contributed by atoms with Crippen molar-refractivity contribution < 1.29 is 14.1 Å². The summed E-state index contributed by atoms with van der Waals surface area (Å²) in [5.41, 5.74) is 0.112. The maximum absolute atomic E-state index is 12.4. The van der Waals surface area contributed by atoms with Crippen LogP contribution in [0.5, 0.6) is 0 Å². The Morgan fingerprint density at radius 3 is 2.42 bits per heavy atom. The minimum Gasteiger partial charge on any atom is -0.399 e. The van der Waals surface area contributed by atoms with Crippen molar-refractivity contribution in [3.63, 3.8) is 0 Å². The third-order valence-corrected chi connectivity index (χ3v) is 5.54. The summed E-state index contributed by atoms with van der Waals surface area (Å²) < 4.78 is 12.1. The Hall–Kier alpha value is -1.40. The van der Waals surface area contributed by atoms with Gasteiger partial charge >= 0.3 is 7.12 Å². The Morgan fingerprint density at radius 1 is 1.17 bits per heavy atom. The van der Waals surface area contributed by atoms with E-state index in [1.807, 2.05) is 39.8 Å². The minimum atomic E-state index is -0.441. The van der Waals surface area contributed by atoms with Gasteiger partial charge in [0, 0.05) is 12.1 Å². The molecule has 1 aromatic rings. The lowest BCUT2D eigenvalue weighted by Crippen LogP contribution is -2.41. The van der Waals surface area contributed by atoms with Gasteiger partial charge in [-0.25, -0.2) is 4.98 Å². The molecule has 5 nitrogen and oxygen atoms in total. The molecule has 24 heavy (non-hydrogen) atoms. The van der Waals surface area contributed by atoms with Crippen molar-refractivity contribution in [2.24, 2.45) is 5.92 Å². The highest BCUT2D eigenvalue weighted by atomic mass is 16.7. The summed E-state index contributed by atoms with van der Waals surface area (Å²) in [6.45, 7) is 8.11. The molecule has 2 fully saturated rings. The highest BCUT2D eigenvalue weighted by Crippen LogP contribution is 2.36. The van der Waals surface area contributed by atoms with Gasteiger partial charge in [0.2, 0.25) is 5.91 Å². The number of hydrogen-bond donors (Lipinski definition) is 1. The number of amides is 1. The first-order chi connectivity index (χ1) is 11.3. The molecule has 0 spiro atoms. The van der Waals surface area contributed by atoms with Crippen molar-refractivity contribution in [1.29, 1.82) is 0 Å². The van der Waals surface area contributed by atoms with E-state index in [0.717, 1.165) is 31.1 Å². The average molecular weight is 330 g/mol. The Labute approximate surface area is 144 Å². The number of carbonyl (C=O) groups excluding carboxylic acids is 1. The number of anilines is 1. The fourth-order valence-electron chi connectivity index (χ4n) is 3.23. The molecule has 1 aliphatic carbocycles. The molecule has 0 bridgehead atoms. The number of rotatable bonds is 3. The molecular formula is C18H27BN2O3.